The SMILES string of the molecule is CC(C)(CNCC(F)(F)C(F)F)N1CCNCC1. The highest BCUT2D eigenvalue weighted by molar-refractivity contribution is 4.87. The van der Waals surface area contributed by atoms with Gasteiger partial charge in [-0.15, -0.1) is 0 Å². The largest absolute Gasteiger partial charge is 0.319 e. The van der Waals surface area contributed by atoms with Crippen molar-refractivity contribution in [2.75, 3.05) is 39.3 Å². The van der Waals surface area contributed by atoms with Crippen molar-refractivity contribution in [3.63, 3.8) is 0 Å². The molecule has 0 aromatic heterocycles. The monoisotopic (exact) mass is 271 g/mol. The Labute approximate surface area is 105 Å². The molecule has 0 aromatic rings. The summed E-state index contributed by atoms with van der Waals surface area (Å²) >= 11 is 0. The maximum Gasteiger partial charge on any atom is 0.319 e. The van der Waals surface area contributed by atoms with Crippen molar-refractivity contribution in [1.29, 1.82) is 0 Å². The van der Waals surface area contributed by atoms with E-state index in [4.69, 9.17) is 0 Å². The standard InChI is InChI=1S/C11H21F4N3/c1-10(2,18-5-3-16-4-6-18)7-17-8-11(14,15)9(12)13/h9,16-17H,3-8H2,1-2H3. The van der Waals surface area contributed by atoms with Gasteiger partial charge in [0.1, 0.15) is 0 Å². The molecule has 0 unspecified atom stereocenters. The van der Waals surface area contributed by atoms with Gasteiger partial charge >= 0.3 is 12.3 Å². The molecule has 3 nitrogen and oxygen atoms in total. The van der Waals surface area contributed by atoms with Crippen molar-refractivity contribution in [2.45, 2.75) is 31.7 Å². The van der Waals surface area contributed by atoms with E-state index in [1.165, 1.54) is 0 Å². The van der Waals surface area contributed by atoms with Crippen molar-refractivity contribution in [2.24, 2.45) is 0 Å². The Morgan fingerprint density at radius 2 is 1.72 bits per heavy atom. The number of halogens is 4. The maximum atomic E-state index is 12.7. The van der Waals surface area contributed by atoms with Crippen LogP contribution in [0.5, 0.6) is 0 Å². The number of piperazine rings is 1. The Kier molecular flexibility index (Phi) is 5.36. The van der Waals surface area contributed by atoms with Crippen LogP contribution in [0.3, 0.4) is 0 Å². The highest BCUT2D eigenvalue weighted by Crippen LogP contribution is 2.22. The topological polar surface area (TPSA) is 27.3 Å². The van der Waals surface area contributed by atoms with Crippen LogP contribution in [-0.2, 0) is 0 Å². The van der Waals surface area contributed by atoms with Crippen LogP contribution in [0.25, 0.3) is 0 Å². The summed E-state index contributed by atoms with van der Waals surface area (Å²) in [4.78, 5) is 2.16. The second-order valence-electron chi connectivity index (χ2n) is 5.21. The summed E-state index contributed by atoms with van der Waals surface area (Å²) in [5.74, 6) is -3.96. The number of hydrogen-bond acceptors (Lipinski definition) is 3. The molecule has 18 heavy (non-hydrogen) atoms. The average Bonchev–Trinajstić information content (AvgIpc) is 2.29. The first kappa shape index (κ1) is 15.7. The minimum absolute atomic E-state index is 0.259. The zero-order chi connectivity index (χ0) is 13.8. The minimum atomic E-state index is -3.96. The Morgan fingerprint density at radius 3 is 2.22 bits per heavy atom. The average molecular weight is 271 g/mol. The van der Waals surface area contributed by atoms with E-state index in [9.17, 15) is 17.6 Å². The van der Waals surface area contributed by atoms with Crippen LogP contribution >= 0.6 is 0 Å². The molecule has 0 atom stereocenters. The zero-order valence-electron chi connectivity index (χ0n) is 10.8. The normalized spacial score (nSPS) is 19.5. The van der Waals surface area contributed by atoms with Gasteiger partial charge in [-0.25, -0.2) is 8.78 Å². The first-order valence-corrected chi connectivity index (χ1v) is 6.08. The third-order valence-corrected chi connectivity index (χ3v) is 3.21. The summed E-state index contributed by atoms with van der Waals surface area (Å²) in [7, 11) is 0. The predicted molar refractivity (Wildman–Crippen MR) is 62.3 cm³/mol. The number of alkyl halides is 4. The number of nitrogens with one attached hydrogen (secondary N) is 2. The molecule has 1 heterocycles. The van der Waals surface area contributed by atoms with E-state index in [0.29, 0.717) is 0 Å². The third kappa shape index (κ3) is 4.37. The molecule has 0 aliphatic carbocycles. The van der Waals surface area contributed by atoms with Crippen molar-refractivity contribution in [3.8, 4) is 0 Å². The van der Waals surface area contributed by atoms with E-state index < -0.39 is 18.9 Å². The highest BCUT2D eigenvalue weighted by Gasteiger charge is 2.40. The molecule has 0 bridgehead atoms. The lowest BCUT2D eigenvalue weighted by Crippen LogP contribution is -2.58. The van der Waals surface area contributed by atoms with Crippen LogP contribution in [0, 0.1) is 0 Å². The number of hydrogen-bond donors (Lipinski definition) is 2. The van der Waals surface area contributed by atoms with Gasteiger partial charge in [-0.2, -0.15) is 8.78 Å². The fourth-order valence-electron chi connectivity index (χ4n) is 1.99. The summed E-state index contributed by atoms with van der Waals surface area (Å²) in [5.41, 5.74) is -0.319. The van der Waals surface area contributed by atoms with E-state index in [1.54, 1.807) is 0 Å². The van der Waals surface area contributed by atoms with Crippen LogP contribution in [-0.4, -0.2) is 62.1 Å². The highest BCUT2D eigenvalue weighted by atomic mass is 19.3. The molecular weight excluding hydrogens is 250 g/mol. The molecule has 1 aliphatic heterocycles. The molecule has 0 spiro atoms. The van der Waals surface area contributed by atoms with Gasteiger partial charge in [-0.05, 0) is 13.8 Å². The van der Waals surface area contributed by atoms with Crippen LogP contribution in [0.1, 0.15) is 13.8 Å². The first-order valence-electron chi connectivity index (χ1n) is 6.08. The third-order valence-electron chi connectivity index (χ3n) is 3.21. The zero-order valence-corrected chi connectivity index (χ0v) is 10.8. The van der Waals surface area contributed by atoms with Gasteiger partial charge in [0.2, 0.25) is 0 Å². The van der Waals surface area contributed by atoms with Gasteiger partial charge in [0.05, 0.1) is 6.54 Å². The smallest absolute Gasteiger partial charge is 0.314 e. The summed E-state index contributed by atoms with van der Waals surface area (Å²) in [6.07, 6.45) is -3.62. The maximum absolute atomic E-state index is 12.7. The van der Waals surface area contributed by atoms with Crippen LogP contribution < -0.4 is 10.6 Å². The van der Waals surface area contributed by atoms with Crippen LogP contribution in [0.2, 0.25) is 0 Å². The van der Waals surface area contributed by atoms with Crippen molar-refractivity contribution in [1.82, 2.24) is 15.5 Å². The van der Waals surface area contributed by atoms with Gasteiger partial charge in [-0.3, -0.25) is 4.90 Å². The second kappa shape index (κ2) is 6.16. The molecule has 108 valence electrons. The predicted octanol–water partition coefficient (Wildman–Crippen LogP) is 1.16. The summed E-state index contributed by atoms with van der Waals surface area (Å²) in [5, 5.41) is 5.65. The Bertz CT molecular complexity index is 253. The van der Waals surface area contributed by atoms with Crippen molar-refractivity contribution in [3.05, 3.63) is 0 Å². The molecule has 1 rings (SSSR count). The van der Waals surface area contributed by atoms with E-state index in [-0.39, 0.29) is 12.1 Å². The van der Waals surface area contributed by atoms with E-state index in [1.807, 2.05) is 13.8 Å². The lowest BCUT2D eigenvalue weighted by atomic mass is 10.0. The molecule has 1 saturated heterocycles. The number of rotatable bonds is 6. The molecule has 0 saturated carbocycles. The Hall–Kier alpha value is -0.400. The molecule has 0 amide bonds. The first-order chi connectivity index (χ1) is 8.26. The second-order valence-corrected chi connectivity index (χ2v) is 5.21. The summed E-state index contributed by atoms with van der Waals surface area (Å²) < 4.78 is 49.4. The molecular formula is C11H21F4N3. The van der Waals surface area contributed by atoms with Gasteiger partial charge < -0.3 is 10.6 Å². The van der Waals surface area contributed by atoms with Gasteiger partial charge in [0.15, 0.2) is 0 Å². The Balaban J connectivity index is 2.37. The molecule has 1 fully saturated rings. The fourth-order valence-corrected chi connectivity index (χ4v) is 1.99. The lowest BCUT2D eigenvalue weighted by molar-refractivity contribution is -0.126. The van der Waals surface area contributed by atoms with E-state index in [0.717, 1.165) is 26.2 Å². The molecule has 1 aliphatic rings. The van der Waals surface area contributed by atoms with Crippen LogP contribution in [0.4, 0.5) is 17.6 Å². The summed E-state index contributed by atoms with van der Waals surface area (Å²) in [6, 6.07) is 0. The van der Waals surface area contributed by atoms with Crippen LogP contribution in [0.15, 0.2) is 0 Å². The fraction of sp³-hybridized carbons (Fsp3) is 1.00. The van der Waals surface area contributed by atoms with Crippen molar-refractivity contribution < 1.29 is 17.6 Å². The molecule has 7 heteroatoms. The minimum Gasteiger partial charge on any atom is -0.314 e. The van der Waals surface area contributed by atoms with Gasteiger partial charge in [0.25, 0.3) is 0 Å². The number of nitrogens with zero attached hydrogens (tertiary/aromatic N) is 1. The molecule has 0 aromatic carbocycles. The van der Waals surface area contributed by atoms with Gasteiger partial charge in [0, 0.05) is 38.3 Å². The van der Waals surface area contributed by atoms with E-state index in [2.05, 4.69) is 15.5 Å². The quantitative estimate of drug-likeness (QED) is 0.710. The summed E-state index contributed by atoms with van der Waals surface area (Å²) in [6.45, 7) is 6.50. The molecule has 0 radical (unpaired) electrons. The van der Waals surface area contributed by atoms with Gasteiger partial charge in [-0.1, -0.05) is 0 Å². The molecule has 2 N–H and O–H groups in total. The van der Waals surface area contributed by atoms with E-state index >= 15 is 0 Å². The Morgan fingerprint density at radius 1 is 1.17 bits per heavy atom. The van der Waals surface area contributed by atoms with Crippen molar-refractivity contribution >= 4 is 0 Å². The lowest BCUT2D eigenvalue weighted by Gasteiger charge is -2.41.